The van der Waals surface area contributed by atoms with E-state index >= 15 is 0 Å². The van der Waals surface area contributed by atoms with E-state index in [-0.39, 0.29) is 10.7 Å². The SMILES string of the molecule is O=C1NC(=S)N(c2ccc(Oc3ccccc3)cc2)C(=O)C1=Cc1ccc(-n2cccn2)cc1. The molecule has 0 bridgehead atoms. The highest BCUT2D eigenvalue weighted by atomic mass is 32.1. The van der Waals surface area contributed by atoms with Crippen molar-refractivity contribution in [3.8, 4) is 17.2 Å². The molecule has 3 aromatic carbocycles. The summed E-state index contributed by atoms with van der Waals surface area (Å²) in [5.74, 6) is 0.284. The molecular formula is C26H18N4O3S. The zero-order valence-electron chi connectivity index (χ0n) is 17.8. The van der Waals surface area contributed by atoms with Gasteiger partial charge in [-0.15, -0.1) is 0 Å². The molecule has 0 saturated carbocycles. The standard InChI is InChI=1S/C26H18N4O3S/c31-24-23(17-18-7-9-19(10-8-18)29-16-4-15-27-29)25(32)30(26(34)28-24)20-11-13-22(14-12-20)33-21-5-2-1-3-6-21/h1-17H,(H,28,31,34). The van der Waals surface area contributed by atoms with Crippen LogP contribution in [0.3, 0.4) is 0 Å². The molecule has 7 nitrogen and oxygen atoms in total. The normalized spacial score (nSPS) is 14.9. The number of thiocarbonyl (C=S) groups is 1. The lowest BCUT2D eigenvalue weighted by atomic mass is 10.1. The van der Waals surface area contributed by atoms with E-state index in [0.29, 0.717) is 22.7 Å². The number of benzene rings is 3. The number of carbonyl (C=O) groups is 2. The monoisotopic (exact) mass is 466 g/mol. The average molecular weight is 467 g/mol. The van der Waals surface area contributed by atoms with Crippen molar-refractivity contribution in [2.24, 2.45) is 0 Å². The first-order valence-electron chi connectivity index (χ1n) is 10.4. The highest BCUT2D eigenvalue weighted by molar-refractivity contribution is 7.80. The van der Waals surface area contributed by atoms with Gasteiger partial charge in [-0.3, -0.25) is 19.8 Å². The van der Waals surface area contributed by atoms with Gasteiger partial charge in [-0.2, -0.15) is 5.10 Å². The maximum atomic E-state index is 13.2. The predicted molar refractivity (Wildman–Crippen MR) is 133 cm³/mol. The molecule has 1 N–H and O–H groups in total. The number of para-hydroxylation sites is 1. The first-order chi connectivity index (χ1) is 16.6. The fraction of sp³-hybridized carbons (Fsp3) is 0. The second-order valence-electron chi connectivity index (χ2n) is 7.41. The van der Waals surface area contributed by atoms with Crippen LogP contribution in [0, 0.1) is 0 Å². The third-order valence-electron chi connectivity index (χ3n) is 5.15. The molecule has 2 heterocycles. The summed E-state index contributed by atoms with van der Waals surface area (Å²) in [7, 11) is 0. The Morgan fingerprint density at radius 3 is 2.18 bits per heavy atom. The molecule has 0 unspecified atom stereocenters. The molecule has 1 aliphatic heterocycles. The molecule has 4 aromatic rings. The first kappa shape index (κ1) is 21.3. The van der Waals surface area contributed by atoms with Gasteiger partial charge in [0.15, 0.2) is 5.11 Å². The summed E-state index contributed by atoms with van der Waals surface area (Å²) in [5, 5.41) is 6.82. The van der Waals surface area contributed by atoms with E-state index in [1.165, 1.54) is 4.90 Å². The fourth-order valence-corrected chi connectivity index (χ4v) is 3.77. The van der Waals surface area contributed by atoms with E-state index in [2.05, 4.69) is 10.4 Å². The Bertz CT molecular complexity index is 1380. The van der Waals surface area contributed by atoms with Gasteiger partial charge < -0.3 is 4.74 Å². The molecule has 34 heavy (non-hydrogen) atoms. The number of anilines is 1. The van der Waals surface area contributed by atoms with Gasteiger partial charge in [0.2, 0.25) is 0 Å². The van der Waals surface area contributed by atoms with Crippen LogP contribution in [0.25, 0.3) is 11.8 Å². The van der Waals surface area contributed by atoms with Crippen LogP contribution in [-0.2, 0) is 9.59 Å². The third kappa shape index (κ3) is 4.35. The number of hydrogen-bond donors (Lipinski definition) is 1. The molecule has 0 spiro atoms. The lowest BCUT2D eigenvalue weighted by Crippen LogP contribution is -2.54. The average Bonchev–Trinajstić information content (AvgIpc) is 3.39. The summed E-state index contributed by atoms with van der Waals surface area (Å²) >= 11 is 5.29. The van der Waals surface area contributed by atoms with Gasteiger partial charge in [0.1, 0.15) is 17.1 Å². The van der Waals surface area contributed by atoms with Crippen LogP contribution in [0.5, 0.6) is 11.5 Å². The summed E-state index contributed by atoms with van der Waals surface area (Å²) in [6.45, 7) is 0. The Morgan fingerprint density at radius 1 is 0.824 bits per heavy atom. The largest absolute Gasteiger partial charge is 0.457 e. The third-order valence-corrected chi connectivity index (χ3v) is 5.43. The summed E-state index contributed by atoms with van der Waals surface area (Å²) in [5.41, 5.74) is 2.08. The van der Waals surface area contributed by atoms with E-state index < -0.39 is 11.8 Å². The Balaban J connectivity index is 1.38. The summed E-state index contributed by atoms with van der Waals surface area (Å²) in [4.78, 5) is 27.1. The number of amides is 2. The Morgan fingerprint density at radius 2 is 1.50 bits per heavy atom. The number of aromatic nitrogens is 2. The second-order valence-corrected chi connectivity index (χ2v) is 7.80. The highest BCUT2D eigenvalue weighted by Crippen LogP contribution is 2.27. The molecule has 0 atom stereocenters. The van der Waals surface area contributed by atoms with E-state index in [9.17, 15) is 9.59 Å². The zero-order valence-corrected chi connectivity index (χ0v) is 18.6. The van der Waals surface area contributed by atoms with Gasteiger partial charge in [-0.25, -0.2) is 4.68 Å². The number of rotatable bonds is 5. The Labute approximate surface area is 200 Å². The predicted octanol–water partition coefficient (Wildman–Crippen LogP) is 4.50. The van der Waals surface area contributed by atoms with Crippen LogP contribution in [-0.4, -0.2) is 26.7 Å². The topological polar surface area (TPSA) is 76.5 Å². The molecule has 2 amide bonds. The summed E-state index contributed by atoms with van der Waals surface area (Å²) in [6.07, 6.45) is 5.07. The van der Waals surface area contributed by atoms with E-state index in [1.807, 2.05) is 66.9 Å². The molecule has 5 rings (SSSR count). The number of carbonyl (C=O) groups excluding carboxylic acids is 2. The van der Waals surface area contributed by atoms with Gasteiger partial charge in [-0.1, -0.05) is 30.3 Å². The lowest BCUT2D eigenvalue weighted by molar-refractivity contribution is -0.122. The van der Waals surface area contributed by atoms with Gasteiger partial charge >= 0.3 is 0 Å². The van der Waals surface area contributed by atoms with Crippen LogP contribution in [0.15, 0.2) is 103 Å². The molecule has 166 valence electrons. The van der Waals surface area contributed by atoms with Crippen molar-refractivity contribution in [2.75, 3.05) is 4.90 Å². The van der Waals surface area contributed by atoms with Crippen molar-refractivity contribution < 1.29 is 14.3 Å². The molecule has 1 fully saturated rings. The van der Waals surface area contributed by atoms with Gasteiger partial charge in [-0.05, 0) is 78.5 Å². The Kier molecular flexibility index (Phi) is 5.72. The van der Waals surface area contributed by atoms with E-state index in [0.717, 1.165) is 5.69 Å². The highest BCUT2D eigenvalue weighted by Gasteiger charge is 2.34. The van der Waals surface area contributed by atoms with E-state index in [4.69, 9.17) is 17.0 Å². The molecule has 8 heteroatoms. The molecule has 1 saturated heterocycles. The smallest absolute Gasteiger partial charge is 0.270 e. The molecule has 0 radical (unpaired) electrons. The maximum absolute atomic E-state index is 13.2. The van der Waals surface area contributed by atoms with Crippen LogP contribution in [0.4, 0.5) is 5.69 Å². The van der Waals surface area contributed by atoms with E-state index in [1.54, 1.807) is 41.2 Å². The van der Waals surface area contributed by atoms with Crippen molar-refractivity contribution in [1.29, 1.82) is 0 Å². The van der Waals surface area contributed by atoms with Crippen molar-refractivity contribution in [3.05, 3.63) is 108 Å². The second kappa shape index (κ2) is 9.13. The first-order valence-corrected chi connectivity index (χ1v) is 10.8. The quantitative estimate of drug-likeness (QED) is 0.266. The Hall–Kier alpha value is -4.56. The summed E-state index contributed by atoms with van der Waals surface area (Å²) < 4.78 is 7.53. The van der Waals surface area contributed by atoms with Crippen molar-refractivity contribution in [3.63, 3.8) is 0 Å². The molecular weight excluding hydrogens is 448 g/mol. The van der Waals surface area contributed by atoms with Crippen LogP contribution >= 0.6 is 12.2 Å². The van der Waals surface area contributed by atoms with Crippen LogP contribution in [0.2, 0.25) is 0 Å². The number of nitrogens with zero attached hydrogens (tertiary/aromatic N) is 3. The fourth-order valence-electron chi connectivity index (χ4n) is 3.49. The lowest BCUT2D eigenvalue weighted by Gasteiger charge is -2.29. The van der Waals surface area contributed by atoms with Gasteiger partial charge in [0.05, 0.1) is 11.4 Å². The van der Waals surface area contributed by atoms with Crippen LogP contribution < -0.4 is 15.0 Å². The summed E-state index contributed by atoms with van der Waals surface area (Å²) in [6, 6.07) is 25.5. The molecule has 0 aliphatic carbocycles. The van der Waals surface area contributed by atoms with Gasteiger partial charge in [0, 0.05) is 12.4 Å². The van der Waals surface area contributed by atoms with Crippen molar-refractivity contribution >= 4 is 40.9 Å². The maximum Gasteiger partial charge on any atom is 0.270 e. The molecule has 1 aliphatic rings. The van der Waals surface area contributed by atoms with Crippen molar-refractivity contribution in [2.45, 2.75) is 0 Å². The van der Waals surface area contributed by atoms with Crippen LogP contribution in [0.1, 0.15) is 5.56 Å². The minimum absolute atomic E-state index is 0.00921. The molecule has 1 aromatic heterocycles. The number of hydrogen-bond acceptors (Lipinski definition) is 5. The minimum Gasteiger partial charge on any atom is -0.457 e. The number of nitrogens with one attached hydrogen (secondary N) is 1. The van der Waals surface area contributed by atoms with Crippen molar-refractivity contribution in [1.82, 2.24) is 15.1 Å². The minimum atomic E-state index is -0.536. The van der Waals surface area contributed by atoms with Gasteiger partial charge in [0.25, 0.3) is 11.8 Å². The number of ether oxygens (including phenoxy) is 1. The zero-order chi connectivity index (χ0) is 23.5.